The van der Waals surface area contributed by atoms with E-state index in [0.717, 1.165) is 51.4 Å². The van der Waals surface area contributed by atoms with Gasteiger partial charge in [-0.1, -0.05) is 256 Å². The Kier molecular flexibility index (Phi) is 51.6. The first-order valence-corrected chi connectivity index (χ1v) is 28.1. The van der Waals surface area contributed by atoms with Gasteiger partial charge in [0.15, 0.2) is 0 Å². The van der Waals surface area contributed by atoms with Crippen LogP contribution < -0.4 is 5.32 Å². The van der Waals surface area contributed by atoms with Crippen LogP contribution in [-0.2, 0) is 14.3 Å². The zero-order chi connectivity index (χ0) is 45.8. The summed E-state index contributed by atoms with van der Waals surface area (Å²) in [5.74, 6) is -0.0840. The van der Waals surface area contributed by atoms with E-state index < -0.39 is 12.1 Å². The molecule has 1 amide bonds. The molecule has 0 saturated heterocycles. The zero-order valence-electron chi connectivity index (χ0n) is 42.3. The monoisotopic (exact) mass is 888 g/mol. The van der Waals surface area contributed by atoms with Crippen molar-refractivity contribution in [3.63, 3.8) is 0 Å². The average molecular weight is 889 g/mol. The molecule has 3 N–H and O–H groups in total. The van der Waals surface area contributed by atoms with Crippen LogP contribution in [0.3, 0.4) is 0 Å². The number of carbonyl (C=O) groups is 2. The summed E-state index contributed by atoms with van der Waals surface area (Å²) in [4.78, 5) is 24.5. The van der Waals surface area contributed by atoms with Crippen molar-refractivity contribution in [2.24, 2.45) is 0 Å². The number of amides is 1. The van der Waals surface area contributed by atoms with Gasteiger partial charge in [0.1, 0.15) is 0 Å². The first-order chi connectivity index (χ1) is 31.0. The first kappa shape index (κ1) is 61.3. The van der Waals surface area contributed by atoms with Crippen molar-refractivity contribution in [1.82, 2.24) is 5.32 Å². The van der Waals surface area contributed by atoms with Crippen molar-refractivity contribution >= 4 is 11.9 Å². The Morgan fingerprint density at radius 1 is 0.429 bits per heavy atom. The third-order valence-electron chi connectivity index (χ3n) is 13.0. The van der Waals surface area contributed by atoms with Crippen LogP contribution in [0.5, 0.6) is 0 Å². The second-order valence-corrected chi connectivity index (χ2v) is 19.3. The molecule has 0 rings (SSSR count). The topological polar surface area (TPSA) is 95.9 Å². The molecular weight excluding hydrogens is 779 g/mol. The van der Waals surface area contributed by atoms with E-state index in [2.05, 4.69) is 31.3 Å². The maximum atomic E-state index is 12.5. The molecule has 63 heavy (non-hydrogen) atoms. The summed E-state index contributed by atoms with van der Waals surface area (Å²) in [5.41, 5.74) is 0. The van der Waals surface area contributed by atoms with Crippen LogP contribution >= 0.6 is 0 Å². The fourth-order valence-corrected chi connectivity index (χ4v) is 8.63. The number of esters is 1. The van der Waals surface area contributed by atoms with Crippen LogP contribution in [0.15, 0.2) is 24.3 Å². The Bertz CT molecular complexity index is 982. The summed E-state index contributed by atoms with van der Waals surface area (Å²) in [5, 5.41) is 23.1. The van der Waals surface area contributed by atoms with E-state index in [-0.39, 0.29) is 18.5 Å². The number of carbonyl (C=O) groups excluding carboxylic acids is 2. The quantitative estimate of drug-likeness (QED) is 0.0321. The molecular formula is C57H109NO5. The molecule has 0 aromatic carbocycles. The van der Waals surface area contributed by atoms with E-state index in [1.807, 2.05) is 6.08 Å². The number of ether oxygens (including phenoxy) is 1. The molecule has 0 aromatic heterocycles. The largest absolute Gasteiger partial charge is 0.466 e. The van der Waals surface area contributed by atoms with Crippen molar-refractivity contribution in [1.29, 1.82) is 0 Å². The summed E-state index contributed by atoms with van der Waals surface area (Å²) in [7, 11) is 0. The molecule has 0 saturated carbocycles. The molecule has 0 aliphatic carbocycles. The number of hydrogen-bond donors (Lipinski definition) is 3. The van der Waals surface area contributed by atoms with Crippen LogP contribution in [0.25, 0.3) is 0 Å². The molecule has 0 aromatic rings. The Morgan fingerprint density at radius 2 is 0.746 bits per heavy atom. The molecule has 2 unspecified atom stereocenters. The van der Waals surface area contributed by atoms with Crippen LogP contribution in [0.2, 0.25) is 0 Å². The molecule has 2 atom stereocenters. The number of aliphatic hydroxyl groups excluding tert-OH is 2. The maximum Gasteiger partial charge on any atom is 0.305 e. The second-order valence-electron chi connectivity index (χ2n) is 19.3. The summed E-state index contributed by atoms with van der Waals surface area (Å²) in [6, 6.07) is -0.634. The summed E-state index contributed by atoms with van der Waals surface area (Å²) in [6.07, 6.45) is 63.3. The van der Waals surface area contributed by atoms with Crippen LogP contribution in [0.1, 0.15) is 303 Å². The summed E-state index contributed by atoms with van der Waals surface area (Å²) in [6.45, 7) is 4.88. The molecule has 0 aliphatic rings. The molecule has 372 valence electrons. The van der Waals surface area contributed by atoms with Crippen molar-refractivity contribution in [2.45, 2.75) is 315 Å². The van der Waals surface area contributed by atoms with Gasteiger partial charge < -0.3 is 20.3 Å². The van der Waals surface area contributed by atoms with Crippen LogP contribution in [0, 0.1) is 0 Å². The maximum absolute atomic E-state index is 12.5. The number of allylic oxidation sites excluding steroid dienone is 3. The highest BCUT2D eigenvalue weighted by atomic mass is 16.5. The smallest absolute Gasteiger partial charge is 0.305 e. The highest BCUT2D eigenvalue weighted by Crippen LogP contribution is 2.16. The number of aliphatic hydroxyl groups is 2. The Balaban J connectivity index is 3.47. The van der Waals surface area contributed by atoms with Crippen LogP contribution in [0.4, 0.5) is 0 Å². The average Bonchev–Trinajstić information content (AvgIpc) is 3.28. The molecule has 6 nitrogen and oxygen atoms in total. The van der Waals surface area contributed by atoms with Gasteiger partial charge in [0.05, 0.1) is 25.4 Å². The van der Waals surface area contributed by atoms with Crippen LogP contribution in [-0.4, -0.2) is 47.4 Å². The lowest BCUT2D eigenvalue weighted by molar-refractivity contribution is -0.143. The van der Waals surface area contributed by atoms with Crippen molar-refractivity contribution in [2.75, 3.05) is 13.2 Å². The van der Waals surface area contributed by atoms with Crippen molar-refractivity contribution in [3.8, 4) is 0 Å². The lowest BCUT2D eigenvalue weighted by atomic mass is 10.0. The van der Waals surface area contributed by atoms with E-state index in [4.69, 9.17) is 4.74 Å². The molecule has 6 heteroatoms. The third-order valence-corrected chi connectivity index (χ3v) is 13.0. The van der Waals surface area contributed by atoms with E-state index in [1.54, 1.807) is 6.08 Å². The predicted molar refractivity (Wildman–Crippen MR) is 273 cm³/mol. The highest BCUT2D eigenvalue weighted by molar-refractivity contribution is 5.76. The SMILES string of the molecule is CCCCCCC/C=C\CCCCCCCC(=O)OCCCCCCCCCCCCCCCCCC(=O)NC(CO)C(O)/C=C/CCCCCCCCCCCCCCCCC. The fourth-order valence-electron chi connectivity index (χ4n) is 8.63. The minimum Gasteiger partial charge on any atom is -0.466 e. The minimum absolute atomic E-state index is 0.00884. The van der Waals surface area contributed by atoms with Gasteiger partial charge in [-0.15, -0.1) is 0 Å². The van der Waals surface area contributed by atoms with Gasteiger partial charge >= 0.3 is 5.97 Å². The second kappa shape index (κ2) is 53.0. The third kappa shape index (κ3) is 49.6. The first-order valence-electron chi connectivity index (χ1n) is 28.1. The lowest BCUT2D eigenvalue weighted by Gasteiger charge is -2.20. The molecule has 0 spiro atoms. The van der Waals surface area contributed by atoms with Gasteiger partial charge in [0.2, 0.25) is 5.91 Å². The molecule has 0 radical (unpaired) electrons. The number of unbranched alkanes of at least 4 members (excludes halogenated alkanes) is 39. The normalized spacial score (nSPS) is 12.8. The van der Waals surface area contributed by atoms with Crippen molar-refractivity contribution < 1.29 is 24.5 Å². The minimum atomic E-state index is -0.850. The van der Waals surface area contributed by atoms with Gasteiger partial charge in [-0.2, -0.15) is 0 Å². The Labute approximate surface area is 392 Å². The van der Waals surface area contributed by atoms with E-state index in [0.29, 0.717) is 19.4 Å². The van der Waals surface area contributed by atoms with E-state index in [1.165, 1.54) is 225 Å². The fraction of sp³-hybridized carbons (Fsp3) is 0.895. The summed E-state index contributed by atoms with van der Waals surface area (Å²) < 4.78 is 5.46. The standard InChI is InChI=1S/C57H109NO5/c1-3-5-7-9-11-13-15-17-19-20-22-25-29-33-37-41-45-49-55(60)54(53-59)58-56(61)50-46-42-38-34-30-26-23-21-24-28-32-36-40-44-48-52-63-57(62)51-47-43-39-35-31-27-18-16-14-12-10-8-6-4-2/h16,18,45,49,54-55,59-60H,3-15,17,19-44,46-48,50-53H2,1-2H3,(H,58,61)/b18-16-,49-45+. The zero-order valence-corrected chi connectivity index (χ0v) is 42.3. The molecule has 0 bridgehead atoms. The van der Waals surface area contributed by atoms with Gasteiger partial charge in [-0.25, -0.2) is 0 Å². The Morgan fingerprint density at radius 3 is 1.13 bits per heavy atom. The lowest BCUT2D eigenvalue weighted by Crippen LogP contribution is -2.45. The van der Waals surface area contributed by atoms with E-state index in [9.17, 15) is 19.8 Å². The number of nitrogens with one attached hydrogen (secondary N) is 1. The van der Waals surface area contributed by atoms with E-state index >= 15 is 0 Å². The molecule has 0 heterocycles. The van der Waals surface area contributed by atoms with Gasteiger partial charge in [0.25, 0.3) is 0 Å². The van der Waals surface area contributed by atoms with Gasteiger partial charge in [-0.05, 0) is 57.8 Å². The Hall–Kier alpha value is -1.66. The van der Waals surface area contributed by atoms with Gasteiger partial charge in [0, 0.05) is 12.8 Å². The molecule has 0 fully saturated rings. The predicted octanol–water partition coefficient (Wildman–Crippen LogP) is 17.1. The number of rotatable bonds is 52. The molecule has 0 aliphatic heterocycles. The summed E-state index contributed by atoms with van der Waals surface area (Å²) >= 11 is 0. The van der Waals surface area contributed by atoms with Gasteiger partial charge in [-0.3, -0.25) is 9.59 Å². The highest BCUT2D eigenvalue weighted by Gasteiger charge is 2.18. The van der Waals surface area contributed by atoms with Crippen molar-refractivity contribution in [3.05, 3.63) is 24.3 Å². The number of hydrogen-bond acceptors (Lipinski definition) is 5.